The van der Waals surface area contributed by atoms with Crippen LogP contribution < -0.4 is 4.90 Å². The van der Waals surface area contributed by atoms with Gasteiger partial charge in [-0.1, -0.05) is 118 Å². The van der Waals surface area contributed by atoms with Crippen LogP contribution in [-0.2, 0) is 5.41 Å². The summed E-state index contributed by atoms with van der Waals surface area (Å²) < 4.78 is 15.3. The summed E-state index contributed by atoms with van der Waals surface area (Å²) in [6, 6.07) is 61.0. The lowest BCUT2D eigenvalue weighted by Gasteiger charge is -2.28. The number of benzene rings is 8. The van der Waals surface area contributed by atoms with Crippen LogP contribution in [0.1, 0.15) is 26.3 Å². The van der Waals surface area contributed by atoms with Crippen LogP contribution >= 0.6 is 11.3 Å². The molecule has 0 saturated heterocycles. The molecule has 0 bridgehead atoms. The molecule has 11 aromatic rings. The smallest absolute Gasteiger partial charge is 0.136 e. The molecule has 4 heteroatoms. The molecular formula is C52H37NO2S. The van der Waals surface area contributed by atoms with Gasteiger partial charge in [-0.05, 0) is 106 Å². The van der Waals surface area contributed by atoms with Crippen LogP contribution in [-0.4, -0.2) is 0 Å². The zero-order chi connectivity index (χ0) is 37.5. The zero-order valence-electron chi connectivity index (χ0n) is 31.3. The standard InChI is InChI=1S/C52H37NO2S/c1-52(2,3)35-12-9-15-37(31-35)53(36-13-5-4-6-14-36)45-20-11-19-43-42-18-10-17-38(50(42)56-51(43)45)34-24-27-47-44(28-34)41-26-23-33(30-49(41)55-47)32-22-25-40-39-16-7-8-21-46(39)54-48(40)29-32/h4-31H,1-3H3. The highest BCUT2D eigenvalue weighted by atomic mass is 32.1. The molecule has 3 heterocycles. The molecule has 11 rings (SSSR count). The molecule has 0 aliphatic heterocycles. The first-order chi connectivity index (χ1) is 27.4. The largest absolute Gasteiger partial charge is 0.456 e. The van der Waals surface area contributed by atoms with E-state index in [4.69, 9.17) is 8.83 Å². The maximum absolute atomic E-state index is 6.51. The number of fused-ring (bicyclic) bond motifs is 9. The summed E-state index contributed by atoms with van der Waals surface area (Å²) in [5.41, 5.74) is 13.0. The van der Waals surface area contributed by atoms with E-state index in [-0.39, 0.29) is 5.41 Å². The highest BCUT2D eigenvalue weighted by Crippen LogP contribution is 2.48. The van der Waals surface area contributed by atoms with Crippen molar-refractivity contribution in [2.75, 3.05) is 4.90 Å². The van der Waals surface area contributed by atoms with Gasteiger partial charge in [-0.15, -0.1) is 11.3 Å². The molecule has 268 valence electrons. The number of furan rings is 2. The molecule has 0 atom stereocenters. The SMILES string of the molecule is CC(C)(C)c1cccc(N(c2ccccc2)c2cccc3c2sc2c(-c4ccc5oc6cc(-c7ccc8c(c7)oc7ccccc78)ccc6c5c4)cccc23)c1. The normalized spacial score (nSPS) is 12.2. The fourth-order valence-electron chi connectivity index (χ4n) is 8.35. The van der Waals surface area contributed by atoms with Crippen LogP contribution in [0.5, 0.6) is 0 Å². The third-order valence-corrected chi connectivity index (χ3v) is 12.5. The minimum Gasteiger partial charge on any atom is -0.456 e. The van der Waals surface area contributed by atoms with Gasteiger partial charge in [0.25, 0.3) is 0 Å². The van der Waals surface area contributed by atoms with E-state index in [2.05, 4.69) is 183 Å². The van der Waals surface area contributed by atoms with Gasteiger partial charge in [-0.2, -0.15) is 0 Å². The summed E-state index contributed by atoms with van der Waals surface area (Å²) in [4.78, 5) is 2.42. The summed E-state index contributed by atoms with van der Waals surface area (Å²) in [6.07, 6.45) is 0. The Hall–Kier alpha value is -6.62. The number of hydrogen-bond donors (Lipinski definition) is 0. The molecule has 0 fully saturated rings. The Morgan fingerprint density at radius 2 is 1.00 bits per heavy atom. The van der Waals surface area contributed by atoms with E-state index in [0.717, 1.165) is 66.4 Å². The molecule has 0 radical (unpaired) electrons. The number of rotatable bonds is 5. The molecule has 0 amide bonds. The van der Waals surface area contributed by atoms with Crippen LogP contribution in [0.25, 0.3) is 86.3 Å². The Morgan fingerprint density at radius 1 is 0.411 bits per heavy atom. The predicted octanol–water partition coefficient (Wildman–Crippen LogP) is 16.0. The van der Waals surface area contributed by atoms with Crippen molar-refractivity contribution in [2.24, 2.45) is 0 Å². The van der Waals surface area contributed by atoms with Crippen molar-refractivity contribution >= 4 is 92.4 Å². The maximum atomic E-state index is 6.51. The fraction of sp³-hybridized carbons (Fsp3) is 0.0769. The Balaban J connectivity index is 1.02. The maximum Gasteiger partial charge on any atom is 0.136 e. The predicted molar refractivity (Wildman–Crippen MR) is 238 cm³/mol. The molecule has 0 unspecified atom stereocenters. The van der Waals surface area contributed by atoms with Crippen molar-refractivity contribution in [2.45, 2.75) is 26.2 Å². The quantitative estimate of drug-likeness (QED) is 0.176. The average Bonchev–Trinajstić information content (AvgIpc) is 3.92. The van der Waals surface area contributed by atoms with E-state index >= 15 is 0 Å². The van der Waals surface area contributed by atoms with E-state index in [9.17, 15) is 0 Å². The topological polar surface area (TPSA) is 29.5 Å². The van der Waals surface area contributed by atoms with E-state index in [1.54, 1.807) is 0 Å². The molecule has 56 heavy (non-hydrogen) atoms. The number of hydrogen-bond acceptors (Lipinski definition) is 4. The van der Waals surface area contributed by atoms with Crippen molar-refractivity contribution in [3.8, 4) is 22.3 Å². The third-order valence-electron chi connectivity index (χ3n) is 11.2. The van der Waals surface area contributed by atoms with Gasteiger partial charge in [-0.3, -0.25) is 0 Å². The third kappa shape index (κ3) is 5.25. The number of anilines is 3. The second kappa shape index (κ2) is 12.5. The number of nitrogens with zero attached hydrogens (tertiary/aromatic N) is 1. The Morgan fingerprint density at radius 3 is 1.77 bits per heavy atom. The molecule has 0 aliphatic rings. The summed E-state index contributed by atoms with van der Waals surface area (Å²) in [7, 11) is 0. The molecule has 0 N–H and O–H groups in total. The van der Waals surface area contributed by atoms with Crippen LogP contribution in [0.3, 0.4) is 0 Å². The van der Waals surface area contributed by atoms with E-state index < -0.39 is 0 Å². The zero-order valence-corrected chi connectivity index (χ0v) is 32.2. The van der Waals surface area contributed by atoms with Gasteiger partial charge in [0.1, 0.15) is 22.3 Å². The Labute approximate surface area is 328 Å². The van der Waals surface area contributed by atoms with Crippen LogP contribution in [0.15, 0.2) is 179 Å². The Bertz CT molecular complexity index is 3300. The van der Waals surface area contributed by atoms with Crippen LogP contribution in [0.4, 0.5) is 17.1 Å². The Kier molecular flexibility index (Phi) is 7.29. The van der Waals surface area contributed by atoms with Gasteiger partial charge < -0.3 is 13.7 Å². The molecule has 0 spiro atoms. The van der Waals surface area contributed by atoms with Crippen LogP contribution in [0, 0.1) is 0 Å². The van der Waals surface area contributed by atoms with Crippen molar-refractivity contribution in [3.63, 3.8) is 0 Å². The van der Waals surface area contributed by atoms with E-state index in [1.165, 1.54) is 42.6 Å². The van der Waals surface area contributed by atoms with Crippen LogP contribution in [0.2, 0.25) is 0 Å². The molecule has 3 aromatic heterocycles. The van der Waals surface area contributed by atoms with Gasteiger partial charge in [0.15, 0.2) is 0 Å². The second-order valence-electron chi connectivity index (χ2n) is 15.7. The fourth-order valence-corrected chi connectivity index (χ4v) is 9.69. The molecule has 0 saturated carbocycles. The molecule has 8 aromatic carbocycles. The van der Waals surface area contributed by atoms with E-state index in [1.807, 2.05) is 23.5 Å². The summed E-state index contributed by atoms with van der Waals surface area (Å²) in [5, 5.41) is 7.03. The number of thiophene rings is 1. The lowest BCUT2D eigenvalue weighted by Crippen LogP contribution is -2.14. The highest BCUT2D eigenvalue weighted by molar-refractivity contribution is 7.27. The first-order valence-electron chi connectivity index (χ1n) is 19.2. The highest BCUT2D eigenvalue weighted by Gasteiger charge is 2.22. The van der Waals surface area contributed by atoms with Crippen molar-refractivity contribution in [1.29, 1.82) is 0 Å². The first-order valence-corrected chi connectivity index (χ1v) is 20.0. The minimum absolute atomic E-state index is 0.0335. The molecular weight excluding hydrogens is 703 g/mol. The van der Waals surface area contributed by atoms with Gasteiger partial charge in [0, 0.05) is 48.4 Å². The number of para-hydroxylation sites is 2. The monoisotopic (exact) mass is 739 g/mol. The van der Waals surface area contributed by atoms with E-state index in [0.29, 0.717) is 0 Å². The van der Waals surface area contributed by atoms with Gasteiger partial charge >= 0.3 is 0 Å². The average molecular weight is 740 g/mol. The first kappa shape index (κ1) is 32.8. The van der Waals surface area contributed by atoms with Gasteiger partial charge in [0.05, 0.1) is 10.4 Å². The minimum atomic E-state index is 0.0335. The summed E-state index contributed by atoms with van der Waals surface area (Å²) in [5.74, 6) is 0. The van der Waals surface area contributed by atoms with Gasteiger partial charge in [-0.25, -0.2) is 0 Å². The second-order valence-corrected chi connectivity index (χ2v) is 16.8. The van der Waals surface area contributed by atoms with Crippen molar-refractivity contribution in [1.82, 2.24) is 0 Å². The molecule has 3 nitrogen and oxygen atoms in total. The lowest BCUT2D eigenvalue weighted by molar-refractivity contribution is 0.590. The van der Waals surface area contributed by atoms with Gasteiger partial charge in [0.2, 0.25) is 0 Å². The lowest BCUT2D eigenvalue weighted by atomic mass is 9.87. The summed E-state index contributed by atoms with van der Waals surface area (Å²) >= 11 is 1.88. The molecule has 0 aliphatic carbocycles. The van der Waals surface area contributed by atoms with Crippen molar-refractivity contribution in [3.05, 3.63) is 175 Å². The summed E-state index contributed by atoms with van der Waals surface area (Å²) in [6.45, 7) is 6.83. The van der Waals surface area contributed by atoms with Crippen molar-refractivity contribution < 1.29 is 8.83 Å².